The largest absolute Gasteiger partial charge is 0.327 e. The second kappa shape index (κ2) is 5.89. The maximum absolute atomic E-state index is 6.06. The van der Waals surface area contributed by atoms with Crippen LogP contribution < -0.4 is 5.73 Å². The highest BCUT2D eigenvalue weighted by atomic mass is 32.2. The molecule has 0 aromatic carbocycles. The van der Waals surface area contributed by atoms with E-state index in [1.165, 1.54) is 24.6 Å². The van der Waals surface area contributed by atoms with Crippen LogP contribution in [-0.2, 0) is 0 Å². The average Bonchev–Trinajstić information content (AvgIpc) is 2.04. The van der Waals surface area contributed by atoms with Gasteiger partial charge >= 0.3 is 0 Å². The quantitative estimate of drug-likeness (QED) is 0.747. The summed E-state index contributed by atoms with van der Waals surface area (Å²) in [4.78, 5) is 2.50. The highest BCUT2D eigenvalue weighted by Gasteiger charge is 2.14. The van der Waals surface area contributed by atoms with Crippen LogP contribution in [0, 0.1) is 5.92 Å². The molecule has 0 saturated carbocycles. The molecule has 0 aliphatic carbocycles. The minimum Gasteiger partial charge on any atom is -0.327 e. The highest BCUT2D eigenvalue weighted by Crippen LogP contribution is 2.11. The van der Waals surface area contributed by atoms with Crippen molar-refractivity contribution in [1.82, 2.24) is 4.90 Å². The van der Waals surface area contributed by atoms with E-state index in [2.05, 4.69) is 30.5 Å². The molecule has 1 heterocycles. The molecule has 0 spiro atoms. The zero-order valence-corrected chi connectivity index (χ0v) is 9.65. The molecule has 1 fully saturated rings. The molecule has 1 rings (SSSR count). The van der Waals surface area contributed by atoms with E-state index in [1.807, 2.05) is 0 Å². The van der Waals surface area contributed by atoms with E-state index in [1.54, 1.807) is 0 Å². The van der Waals surface area contributed by atoms with Gasteiger partial charge in [0.1, 0.15) is 0 Å². The van der Waals surface area contributed by atoms with Crippen molar-refractivity contribution in [2.75, 3.05) is 31.1 Å². The van der Waals surface area contributed by atoms with Gasteiger partial charge in [-0.3, -0.25) is 0 Å². The molecule has 2 nitrogen and oxygen atoms in total. The van der Waals surface area contributed by atoms with Crippen molar-refractivity contribution in [2.24, 2.45) is 11.7 Å². The molecule has 1 aliphatic rings. The van der Waals surface area contributed by atoms with Gasteiger partial charge in [0.2, 0.25) is 0 Å². The van der Waals surface area contributed by atoms with Crippen LogP contribution in [0.4, 0.5) is 0 Å². The summed E-state index contributed by atoms with van der Waals surface area (Å²) in [6.45, 7) is 8.05. The molecule has 2 N–H and O–H groups in total. The predicted octanol–water partition coefficient (Wildman–Crippen LogP) is 1.41. The molecule has 0 radical (unpaired) electrons. The lowest BCUT2D eigenvalue weighted by molar-refractivity contribution is 0.268. The van der Waals surface area contributed by atoms with Gasteiger partial charge in [0.25, 0.3) is 0 Å². The Morgan fingerprint density at radius 1 is 1.31 bits per heavy atom. The van der Waals surface area contributed by atoms with Gasteiger partial charge in [0, 0.05) is 37.2 Å². The van der Waals surface area contributed by atoms with E-state index in [4.69, 9.17) is 5.73 Å². The first kappa shape index (κ1) is 11.3. The van der Waals surface area contributed by atoms with Crippen LogP contribution in [0.1, 0.15) is 20.3 Å². The highest BCUT2D eigenvalue weighted by molar-refractivity contribution is 7.99. The van der Waals surface area contributed by atoms with Crippen LogP contribution in [0.15, 0.2) is 0 Å². The van der Waals surface area contributed by atoms with Gasteiger partial charge < -0.3 is 10.6 Å². The Morgan fingerprint density at radius 3 is 2.46 bits per heavy atom. The number of hydrogen-bond donors (Lipinski definition) is 1. The third-order valence-electron chi connectivity index (χ3n) is 2.37. The summed E-state index contributed by atoms with van der Waals surface area (Å²) in [6.07, 6.45) is 1.16. The molecule has 1 saturated heterocycles. The van der Waals surface area contributed by atoms with Gasteiger partial charge in [-0.05, 0) is 12.3 Å². The SMILES string of the molecule is CC(C)C[C@H](N)CN1CCSCC1. The number of rotatable bonds is 4. The number of nitrogens with zero attached hydrogens (tertiary/aromatic N) is 1. The van der Waals surface area contributed by atoms with Crippen LogP contribution in [0.25, 0.3) is 0 Å². The van der Waals surface area contributed by atoms with Crippen LogP contribution in [0.3, 0.4) is 0 Å². The van der Waals surface area contributed by atoms with Gasteiger partial charge in [0.05, 0.1) is 0 Å². The Kier molecular flexibility index (Phi) is 5.14. The van der Waals surface area contributed by atoms with Crippen molar-refractivity contribution in [3.05, 3.63) is 0 Å². The molecule has 0 bridgehead atoms. The monoisotopic (exact) mass is 202 g/mol. The second-order valence-electron chi connectivity index (χ2n) is 4.30. The van der Waals surface area contributed by atoms with E-state index in [0.29, 0.717) is 6.04 Å². The van der Waals surface area contributed by atoms with E-state index < -0.39 is 0 Å². The standard InChI is InChI=1S/C10H22N2S/c1-9(2)7-10(11)8-12-3-5-13-6-4-12/h9-10H,3-8,11H2,1-2H3/t10-/m0/s1. The zero-order chi connectivity index (χ0) is 9.68. The normalized spacial score (nSPS) is 22.2. The Bertz CT molecular complexity index is 133. The topological polar surface area (TPSA) is 29.3 Å². The van der Waals surface area contributed by atoms with E-state index in [0.717, 1.165) is 18.9 Å². The van der Waals surface area contributed by atoms with Crippen molar-refractivity contribution >= 4 is 11.8 Å². The van der Waals surface area contributed by atoms with Crippen LogP contribution in [0.5, 0.6) is 0 Å². The van der Waals surface area contributed by atoms with Crippen LogP contribution >= 0.6 is 11.8 Å². The van der Waals surface area contributed by atoms with E-state index in [9.17, 15) is 0 Å². The Morgan fingerprint density at radius 2 is 1.92 bits per heavy atom. The van der Waals surface area contributed by atoms with E-state index in [-0.39, 0.29) is 0 Å². The van der Waals surface area contributed by atoms with Crippen molar-refractivity contribution in [3.63, 3.8) is 0 Å². The van der Waals surface area contributed by atoms with Crippen molar-refractivity contribution in [2.45, 2.75) is 26.3 Å². The smallest absolute Gasteiger partial charge is 0.0170 e. The summed E-state index contributed by atoms with van der Waals surface area (Å²) >= 11 is 2.06. The molecule has 13 heavy (non-hydrogen) atoms. The molecule has 0 aromatic rings. The summed E-state index contributed by atoms with van der Waals surface area (Å²) in [5.74, 6) is 3.30. The molecule has 78 valence electrons. The van der Waals surface area contributed by atoms with Gasteiger partial charge in [-0.1, -0.05) is 13.8 Å². The van der Waals surface area contributed by atoms with Crippen molar-refractivity contribution in [1.29, 1.82) is 0 Å². The average molecular weight is 202 g/mol. The first-order valence-corrected chi connectivity index (χ1v) is 6.39. The summed E-state index contributed by atoms with van der Waals surface area (Å²) in [7, 11) is 0. The van der Waals surface area contributed by atoms with Crippen LogP contribution in [0.2, 0.25) is 0 Å². The summed E-state index contributed by atoms with van der Waals surface area (Å²) in [6, 6.07) is 0.378. The molecule has 0 unspecified atom stereocenters. The van der Waals surface area contributed by atoms with Gasteiger partial charge in [0.15, 0.2) is 0 Å². The molecular weight excluding hydrogens is 180 g/mol. The number of hydrogen-bond acceptors (Lipinski definition) is 3. The number of nitrogens with two attached hydrogens (primary N) is 1. The van der Waals surface area contributed by atoms with Gasteiger partial charge in [-0.15, -0.1) is 0 Å². The third kappa shape index (κ3) is 4.89. The summed E-state index contributed by atoms with van der Waals surface area (Å²) in [5.41, 5.74) is 6.06. The molecular formula is C10H22N2S. The summed E-state index contributed by atoms with van der Waals surface area (Å²) < 4.78 is 0. The summed E-state index contributed by atoms with van der Waals surface area (Å²) in [5, 5.41) is 0. The first-order chi connectivity index (χ1) is 6.18. The molecule has 3 heteroatoms. The minimum atomic E-state index is 0.378. The fraction of sp³-hybridized carbons (Fsp3) is 1.00. The predicted molar refractivity (Wildman–Crippen MR) is 61.2 cm³/mol. The molecule has 0 amide bonds. The maximum atomic E-state index is 6.06. The number of thioether (sulfide) groups is 1. The fourth-order valence-corrected chi connectivity index (χ4v) is 2.77. The molecule has 0 aromatic heterocycles. The first-order valence-electron chi connectivity index (χ1n) is 5.24. The third-order valence-corrected chi connectivity index (χ3v) is 3.31. The van der Waals surface area contributed by atoms with Crippen molar-refractivity contribution in [3.8, 4) is 0 Å². The zero-order valence-electron chi connectivity index (χ0n) is 8.83. The van der Waals surface area contributed by atoms with Gasteiger partial charge in [-0.25, -0.2) is 0 Å². The maximum Gasteiger partial charge on any atom is 0.0170 e. The Labute approximate surface area is 86.2 Å². The fourth-order valence-electron chi connectivity index (χ4n) is 1.80. The lowest BCUT2D eigenvalue weighted by Crippen LogP contribution is -2.42. The minimum absolute atomic E-state index is 0.378. The van der Waals surface area contributed by atoms with Gasteiger partial charge in [-0.2, -0.15) is 11.8 Å². The Hall–Kier alpha value is 0.270. The second-order valence-corrected chi connectivity index (χ2v) is 5.53. The Balaban J connectivity index is 2.14. The molecule has 1 aliphatic heterocycles. The molecule has 1 atom stereocenters. The van der Waals surface area contributed by atoms with E-state index >= 15 is 0 Å². The lowest BCUT2D eigenvalue weighted by atomic mass is 10.0. The van der Waals surface area contributed by atoms with Crippen LogP contribution in [-0.4, -0.2) is 42.1 Å². The lowest BCUT2D eigenvalue weighted by Gasteiger charge is -2.29. The van der Waals surface area contributed by atoms with Crippen molar-refractivity contribution < 1.29 is 0 Å².